The summed E-state index contributed by atoms with van der Waals surface area (Å²) in [7, 11) is 2.21. The molecule has 0 bridgehead atoms. The number of ether oxygens (including phenoxy) is 1. The quantitative estimate of drug-likeness (QED) is 0.768. The molecular formula is C19H32N2O. The van der Waals surface area contributed by atoms with Crippen LogP contribution in [0.3, 0.4) is 0 Å². The first-order chi connectivity index (χ1) is 10.6. The Balaban J connectivity index is 1.86. The fraction of sp³-hybridized carbons (Fsp3) is 0.684. The lowest BCUT2D eigenvalue weighted by Gasteiger charge is -2.32. The lowest BCUT2D eigenvalue weighted by molar-refractivity contribution is 0.153. The van der Waals surface area contributed by atoms with Crippen LogP contribution in [0.15, 0.2) is 18.2 Å². The molecule has 1 aliphatic rings. The van der Waals surface area contributed by atoms with E-state index in [0.717, 1.165) is 12.4 Å². The molecule has 0 saturated carbocycles. The Hall–Kier alpha value is -1.06. The second-order valence-electron chi connectivity index (χ2n) is 6.71. The highest BCUT2D eigenvalue weighted by Gasteiger charge is 2.13. The van der Waals surface area contributed by atoms with Crippen LogP contribution in [0.4, 0.5) is 0 Å². The highest BCUT2D eigenvalue weighted by atomic mass is 16.5. The van der Waals surface area contributed by atoms with Crippen LogP contribution in [0.1, 0.15) is 44.2 Å². The monoisotopic (exact) mass is 304 g/mol. The fourth-order valence-corrected chi connectivity index (χ4v) is 3.07. The Bertz CT molecular complexity index is 451. The zero-order valence-electron chi connectivity index (χ0n) is 14.8. The second-order valence-corrected chi connectivity index (χ2v) is 6.71. The number of aryl methyl sites for hydroxylation is 1. The molecule has 1 aromatic carbocycles. The van der Waals surface area contributed by atoms with Crippen molar-refractivity contribution in [2.24, 2.45) is 0 Å². The first-order valence-corrected chi connectivity index (χ1v) is 8.76. The summed E-state index contributed by atoms with van der Waals surface area (Å²) >= 11 is 0. The Morgan fingerprint density at radius 2 is 1.86 bits per heavy atom. The van der Waals surface area contributed by atoms with Crippen LogP contribution in [-0.4, -0.2) is 56.2 Å². The zero-order chi connectivity index (χ0) is 15.9. The molecular weight excluding hydrogens is 272 g/mol. The standard InChI is InChI=1S/C19H32N2O/c1-5-22-19-9-8-17(15-18(19)16(2)3)7-6-10-21-13-11-20(4)12-14-21/h8-9,15-16H,5-7,10-14H2,1-4H3. The molecule has 124 valence electrons. The summed E-state index contributed by atoms with van der Waals surface area (Å²) < 4.78 is 5.75. The van der Waals surface area contributed by atoms with Crippen molar-refractivity contribution in [3.8, 4) is 5.75 Å². The molecule has 1 fully saturated rings. The van der Waals surface area contributed by atoms with E-state index in [0.29, 0.717) is 5.92 Å². The number of piperazine rings is 1. The minimum atomic E-state index is 0.513. The second kappa shape index (κ2) is 8.54. The molecule has 1 aromatic rings. The fourth-order valence-electron chi connectivity index (χ4n) is 3.07. The third-order valence-corrected chi connectivity index (χ3v) is 4.53. The van der Waals surface area contributed by atoms with Gasteiger partial charge in [-0.05, 0) is 56.5 Å². The van der Waals surface area contributed by atoms with Crippen LogP contribution in [0.25, 0.3) is 0 Å². The van der Waals surface area contributed by atoms with Gasteiger partial charge in [-0.3, -0.25) is 0 Å². The van der Waals surface area contributed by atoms with Crippen molar-refractivity contribution < 1.29 is 4.74 Å². The van der Waals surface area contributed by atoms with Crippen molar-refractivity contribution in [2.45, 2.75) is 39.5 Å². The van der Waals surface area contributed by atoms with Crippen molar-refractivity contribution in [1.82, 2.24) is 9.80 Å². The van der Waals surface area contributed by atoms with Gasteiger partial charge in [0, 0.05) is 26.2 Å². The summed E-state index contributed by atoms with van der Waals surface area (Å²) in [6.07, 6.45) is 2.41. The van der Waals surface area contributed by atoms with Crippen molar-refractivity contribution in [3.05, 3.63) is 29.3 Å². The molecule has 0 aliphatic carbocycles. The molecule has 0 atom stereocenters. The molecule has 3 nitrogen and oxygen atoms in total. The number of hydrogen-bond acceptors (Lipinski definition) is 3. The average Bonchev–Trinajstić information content (AvgIpc) is 2.50. The molecule has 0 amide bonds. The number of likely N-dealkylation sites (N-methyl/N-ethyl adjacent to an activating group) is 1. The minimum Gasteiger partial charge on any atom is -0.494 e. The first kappa shape index (κ1) is 17.3. The molecule has 1 heterocycles. The van der Waals surface area contributed by atoms with Crippen LogP contribution in [0.5, 0.6) is 5.75 Å². The third-order valence-electron chi connectivity index (χ3n) is 4.53. The van der Waals surface area contributed by atoms with Crippen LogP contribution >= 0.6 is 0 Å². The predicted molar refractivity (Wildman–Crippen MR) is 94.0 cm³/mol. The highest BCUT2D eigenvalue weighted by molar-refractivity contribution is 5.39. The first-order valence-electron chi connectivity index (χ1n) is 8.76. The summed E-state index contributed by atoms with van der Waals surface area (Å²) in [4.78, 5) is 5.01. The van der Waals surface area contributed by atoms with Gasteiger partial charge in [0.05, 0.1) is 6.61 Å². The minimum absolute atomic E-state index is 0.513. The van der Waals surface area contributed by atoms with E-state index in [-0.39, 0.29) is 0 Å². The van der Waals surface area contributed by atoms with Gasteiger partial charge >= 0.3 is 0 Å². The SMILES string of the molecule is CCOc1ccc(CCCN2CCN(C)CC2)cc1C(C)C. The van der Waals surface area contributed by atoms with Crippen LogP contribution in [0, 0.1) is 0 Å². The van der Waals surface area contributed by atoms with Gasteiger partial charge in [-0.2, -0.15) is 0 Å². The van der Waals surface area contributed by atoms with E-state index in [1.54, 1.807) is 0 Å². The van der Waals surface area contributed by atoms with E-state index in [4.69, 9.17) is 4.74 Å². The van der Waals surface area contributed by atoms with Crippen molar-refractivity contribution in [1.29, 1.82) is 0 Å². The summed E-state index contributed by atoms with van der Waals surface area (Å²) in [5.74, 6) is 1.57. The zero-order valence-corrected chi connectivity index (χ0v) is 14.8. The molecule has 1 aliphatic heterocycles. The van der Waals surface area contributed by atoms with Gasteiger partial charge in [0.15, 0.2) is 0 Å². The predicted octanol–water partition coefficient (Wildman–Crippen LogP) is 3.39. The Kier molecular flexibility index (Phi) is 6.71. The van der Waals surface area contributed by atoms with Gasteiger partial charge < -0.3 is 14.5 Å². The van der Waals surface area contributed by atoms with Gasteiger partial charge in [-0.15, -0.1) is 0 Å². The maximum Gasteiger partial charge on any atom is 0.122 e. The number of benzene rings is 1. The van der Waals surface area contributed by atoms with Crippen LogP contribution < -0.4 is 4.74 Å². The summed E-state index contributed by atoms with van der Waals surface area (Å²) in [6.45, 7) is 13.3. The third kappa shape index (κ3) is 4.99. The van der Waals surface area contributed by atoms with E-state index < -0.39 is 0 Å². The van der Waals surface area contributed by atoms with E-state index in [1.165, 1.54) is 56.7 Å². The van der Waals surface area contributed by atoms with Crippen molar-refractivity contribution >= 4 is 0 Å². The van der Waals surface area contributed by atoms with Crippen LogP contribution in [0.2, 0.25) is 0 Å². The van der Waals surface area contributed by atoms with Crippen molar-refractivity contribution in [3.63, 3.8) is 0 Å². The largest absolute Gasteiger partial charge is 0.494 e. The van der Waals surface area contributed by atoms with Crippen LogP contribution in [-0.2, 0) is 6.42 Å². The topological polar surface area (TPSA) is 15.7 Å². The number of nitrogens with zero attached hydrogens (tertiary/aromatic N) is 2. The Morgan fingerprint density at radius 3 is 2.50 bits per heavy atom. The van der Waals surface area contributed by atoms with Crippen molar-refractivity contribution in [2.75, 3.05) is 46.4 Å². The molecule has 22 heavy (non-hydrogen) atoms. The number of rotatable bonds is 7. The summed E-state index contributed by atoms with van der Waals surface area (Å²) in [5.41, 5.74) is 2.79. The maximum absolute atomic E-state index is 5.75. The van der Waals surface area contributed by atoms with E-state index in [9.17, 15) is 0 Å². The van der Waals surface area contributed by atoms with E-state index in [1.807, 2.05) is 6.92 Å². The molecule has 0 unspecified atom stereocenters. The molecule has 0 spiro atoms. The molecule has 0 N–H and O–H groups in total. The molecule has 3 heteroatoms. The van der Waals surface area contributed by atoms with Gasteiger partial charge in [-0.1, -0.05) is 26.0 Å². The lowest BCUT2D eigenvalue weighted by atomic mass is 9.97. The Labute approximate surface area is 136 Å². The highest BCUT2D eigenvalue weighted by Crippen LogP contribution is 2.28. The molecule has 0 aromatic heterocycles. The lowest BCUT2D eigenvalue weighted by Crippen LogP contribution is -2.44. The smallest absolute Gasteiger partial charge is 0.122 e. The van der Waals surface area contributed by atoms with Gasteiger partial charge in [0.2, 0.25) is 0 Å². The number of hydrogen-bond donors (Lipinski definition) is 0. The molecule has 2 rings (SSSR count). The molecule has 0 radical (unpaired) electrons. The van der Waals surface area contributed by atoms with E-state index >= 15 is 0 Å². The summed E-state index contributed by atoms with van der Waals surface area (Å²) in [6, 6.07) is 6.74. The Morgan fingerprint density at radius 1 is 1.14 bits per heavy atom. The van der Waals surface area contributed by atoms with Gasteiger partial charge in [0.1, 0.15) is 5.75 Å². The van der Waals surface area contributed by atoms with Gasteiger partial charge in [0.25, 0.3) is 0 Å². The average molecular weight is 304 g/mol. The molecule has 1 saturated heterocycles. The normalized spacial score (nSPS) is 17.1. The van der Waals surface area contributed by atoms with Gasteiger partial charge in [-0.25, -0.2) is 0 Å². The maximum atomic E-state index is 5.75. The van der Waals surface area contributed by atoms with E-state index in [2.05, 4.69) is 48.9 Å². The summed E-state index contributed by atoms with van der Waals surface area (Å²) in [5, 5.41) is 0.